The Bertz CT molecular complexity index is 708. The Hall–Kier alpha value is -2.48. The number of likely N-dealkylation sites (N-methyl/N-ethyl adjacent to an activating group) is 1. The Morgan fingerprint density at radius 3 is 2.74 bits per heavy atom. The first-order valence-corrected chi connectivity index (χ1v) is 7.34. The van der Waals surface area contributed by atoms with E-state index < -0.39 is 11.6 Å². The molecule has 1 aliphatic heterocycles. The monoisotopic (exact) mass is 320 g/mol. The summed E-state index contributed by atoms with van der Waals surface area (Å²) in [5.41, 5.74) is 6.15. The lowest BCUT2D eigenvalue weighted by molar-refractivity contribution is 0.509. The van der Waals surface area contributed by atoms with Gasteiger partial charge in [-0.25, -0.2) is 8.78 Å². The lowest BCUT2D eigenvalue weighted by atomic mass is 10.3. The van der Waals surface area contributed by atoms with Gasteiger partial charge in [0.25, 0.3) is 0 Å². The molecule has 8 heteroatoms. The van der Waals surface area contributed by atoms with E-state index in [1.807, 2.05) is 7.05 Å². The number of rotatable bonds is 4. The van der Waals surface area contributed by atoms with E-state index >= 15 is 0 Å². The molecule has 0 spiro atoms. The van der Waals surface area contributed by atoms with Crippen LogP contribution in [0.2, 0.25) is 0 Å². The smallest absolute Gasteiger partial charge is 0.223 e. The molecule has 23 heavy (non-hydrogen) atoms. The summed E-state index contributed by atoms with van der Waals surface area (Å²) in [6.07, 6.45) is 1.02. The van der Waals surface area contributed by atoms with E-state index in [2.05, 4.69) is 25.5 Å². The van der Waals surface area contributed by atoms with Gasteiger partial charge in [-0.2, -0.15) is 9.97 Å². The van der Waals surface area contributed by atoms with Crippen molar-refractivity contribution in [3.63, 3.8) is 0 Å². The standard InChI is InChI=1S/C15H18F2N6/c1-19-10-4-5-23(8-10)14-7-13(21-15(18)22-14)20-9-2-3-11(16)12(17)6-9/h2-3,6-7,10,19H,4-5,8H2,1H3,(H3,18,20,21,22)/t10-/m0/s1. The molecular weight excluding hydrogens is 302 g/mol. The van der Waals surface area contributed by atoms with E-state index in [-0.39, 0.29) is 5.95 Å². The van der Waals surface area contributed by atoms with Crippen molar-refractivity contribution in [2.24, 2.45) is 0 Å². The number of anilines is 4. The van der Waals surface area contributed by atoms with Gasteiger partial charge in [0.15, 0.2) is 11.6 Å². The quantitative estimate of drug-likeness (QED) is 0.798. The van der Waals surface area contributed by atoms with Crippen molar-refractivity contribution >= 4 is 23.3 Å². The predicted molar refractivity (Wildman–Crippen MR) is 85.8 cm³/mol. The average molecular weight is 320 g/mol. The van der Waals surface area contributed by atoms with E-state index in [4.69, 9.17) is 5.73 Å². The van der Waals surface area contributed by atoms with Gasteiger partial charge in [-0.15, -0.1) is 0 Å². The third-order valence-electron chi connectivity index (χ3n) is 3.84. The summed E-state index contributed by atoms with van der Waals surface area (Å²) in [5.74, 6) is -0.547. The van der Waals surface area contributed by atoms with Crippen LogP contribution in [-0.4, -0.2) is 36.1 Å². The lowest BCUT2D eigenvalue weighted by Gasteiger charge is -2.18. The van der Waals surface area contributed by atoms with Crippen molar-refractivity contribution in [1.82, 2.24) is 15.3 Å². The van der Waals surface area contributed by atoms with Crippen molar-refractivity contribution in [1.29, 1.82) is 0 Å². The van der Waals surface area contributed by atoms with Crippen LogP contribution in [0.25, 0.3) is 0 Å². The van der Waals surface area contributed by atoms with Gasteiger partial charge in [0.05, 0.1) is 0 Å². The SMILES string of the molecule is CN[C@H]1CCN(c2cc(Nc3ccc(F)c(F)c3)nc(N)n2)C1. The fourth-order valence-electron chi connectivity index (χ4n) is 2.60. The Kier molecular flexibility index (Phi) is 4.24. The highest BCUT2D eigenvalue weighted by atomic mass is 19.2. The van der Waals surface area contributed by atoms with Gasteiger partial charge in [-0.3, -0.25) is 0 Å². The van der Waals surface area contributed by atoms with Gasteiger partial charge >= 0.3 is 0 Å². The second kappa shape index (κ2) is 6.33. The lowest BCUT2D eigenvalue weighted by Crippen LogP contribution is -2.30. The average Bonchev–Trinajstić information content (AvgIpc) is 2.99. The Morgan fingerprint density at radius 1 is 1.22 bits per heavy atom. The van der Waals surface area contributed by atoms with E-state index in [9.17, 15) is 8.78 Å². The molecule has 0 amide bonds. The molecule has 0 unspecified atom stereocenters. The molecule has 2 aromatic rings. The van der Waals surface area contributed by atoms with Crippen molar-refractivity contribution in [2.45, 2.75) is 12.5 Å². The van der Waals surface area contributed by atoms with E-state index in [1.165, 1.54) is 6.07 Å². The molecule has 1 aromatic carbocycles. The van der Waals surface area contributed by atoms with Crippen LogP contribution in [0.5, 0.6) is 0 Å². The first-order chi connectivity index (χ1) is 11.0. The molecule has 2 heterocycles. The summed E-state index contributed by atoms with van der Waals surface area (Å²) in [6, 6.07) is 5.72. The number of nitrogens with one attached hydrogen (secondary N) is 2. The molecule has 1 saturated heterocycles. The molecule has 6 nitrogen and oxygen atoms in total. The zero-order valence-electron chi connectivity index (χ0n) is 12.7. The highest BCUT2D eigenvalue weighted by Crippen LogP contribution is 2.24. The van der Waals surface area contributed by atoms with Crippen LogP contribution >= 0.6 is 0 Å². The molecule has 122 valence electrons. The third-order valence-corrected chi connectivity index (χ3v) is 3.84. The van der Waals surface area contributed by atoms with Crippen molar-refractivity contribution in [2.75, 3.05) is 36.1 Å². The van der Waals surface area contributed by atoms with Crippen LogP contribution in [-0.2, 0) is 0 Å². The number of hydrogen-bond donors (Lipinski definition) is 3. The normalized spacial score (nSPS) is 17.5. The van der Waals surface area contributed by atoms with Gasteiger partial charge < -0.3 is 21.3 Å². The van der Waals surface area contributed by atoms with Crippen molar-refractivity contribution < 1.29 is 8.78 Å². The van der Waals surface area contributed by atoms with Crippen LogP contribution in [0.15, 0.2) is 24.3 Å². The second-order valence-corrected chi connectivity index (χ2v) is 5.44. The Morgan fingerprint density at radius 2 is 2.04 bits per heavy atom. The summed E-state index contributed by atoms with van der Waals surface area (Å²) < 4.78 is 26.3. The highest BCUT2D eigenvalue weighted by molar-refractivity contribution is 5.61. The summed E-state index contributed by atoms with van der Waals surface area (Å²) >= 11 is 0. The van der Waals surface area contributed by atoms with Gasteiger partial charge in [-0.05, 0) is 25.6 Å². The molecule has 0 saturated carbocycles. The minimum Gasteiger partial charge on any atom is -0.368 e. The van der Waals surface area contributed by atoms with Gasteiger partial charge in [0.1, 0.15) is 11.6 Å². The van der Waals surface area contributed by atoms with E-state index in [0.717, 1.165) is 31.6 Å². The second-order valence-electron chi connectivity index (χ2n) is 5.44. The summed E-state index contributed by atoms with van der Waals surface area (Å²) in [7, 11) is 1.93. The van der Waals surface area contributed by atoms with Crippen LogP contribution in [0, 0.1) is 11.6 Å². The van der Waals surface area contributed by atoms with Gasteiger partial charge in [0, 0.05) is 37.0 Å². The predicted octanol–water partition coefficient (Wildman–Crippen LogP) is 1.88. The number of halogens is 2. The van der Waals surface area contributed by atoms with Gasteiger partial charge in [-0.1, -0.05) is 0 Å². The maximum absolute atomic E-state index is 13.3. The number of nitrogens with zero attached hydrogens (tertiary/aromatic N) is 3. The molecular formula is C15H18F2N6. The van der Waals surface area contributed by atoms with Crippen molar-refractivity contribution in [3.05, 3.63) is 35.9 Å². The Balaban J connectivity index is 1.81. The van der Waals surface area contributed by atoms with Crippen LogP contribution < -0.4 is 21.3 Å². The third kappa shape index (κ3) is 3.48. The minimum atomic E-state index is -0.923. The number of hydrogen-bond acceptors (Lipinski definition) is 6. The Labute approximate surface area is 132 Å². The van der Waals surface area contributed by atoms with Crippen LogP contribution in [0.1, 0.15) is 6.42 Å². The zero-order chi connectivity index (χ0) is 16.4. The number of nitrogen functional groups attached to an aromatic ring is 1. The molecule has 1 aromatic heterocycles. The molecule has 0 aliphatic carbocycles. The van der Waals surface area contributed by atoms with Crippen LogP contribution in [0.4, 0.5) is 32.1 Å². The van der Waals surface area contributed by atoms with E-state index in [1.54, 1.807) is 6.07 Å². The molecule has 4 N–H and O–H groups in total. The fourth-order valence-corrected chi connectivity index (χ4v) is 2.60. The molecule has 1 atom stereocenters. The zero-order valence-corrected chi connectivity index (χ0v) is 12.7. The number of nitrogens with two attached hydrogens (primary N) is 1. The molecule has 1 aliphatic rings. The number of aromatic nitrogens is 2. The van der Waals surface area contributed by atoms with Crippen LogP contribution in [0.3, 0.4) is 0 Å². The molecule has 0 radical (unpaired) electrons. The van der Waals surface area contributed by atoms with Gasteiger partial charge in [0.2, 0.25) is 5.95 Å². The van der Waals surface area contributed by atoms with E-state index in [0.29, 0.717) is 23.4 Å². The molecule has 0 bridgehead atoms. The van der Waals surface area contributed by atoms with Crippen molar-refractivity contribution in [3.8, 4) is 0 Å². The maximum Gasteiger partial charge on any atom is 0.223 e. The molecule has 3 rings (SSSR count). The highest BCUT2D eigenvalue weighted by Gasteiger charge is 2.22. The number of benzene rings is 1. The largest absolute Gasteiger partial charge is 0.368 e. The summed E-state index contributed by atoms with van der Waals surface area (Å²) in [5, 5.41) is 6.16. The first-order valence-electron chi connectivity index (χ1n) is 7.34. The minimum absolute atomic E-state index is 0.125. The maximum atomic E-state index is 13.3. The summed E-state index contributed by atoms with van der Waals surface area (Å²) in [6.45, 7) is 1.70. The topological polar surface area (TPSA) is 79.1 Å². The molecule has 1 fully saturated rings. The summed E-state index contributed by atoms with van der Waals surface area (Å²) in [4.78, 5) is 10.4. The fraction of sp³-hybridized carbons (Fsp3) is 0.333. The first kappa shape index (κ1) is 15.4.